The van der Waals surface area contributed by atoms with E-state index in [0.29, 0.717) is 17.2 Å². The van der Waals surface area contributed by atoms with Gasteiger partial charge in [0.25, 0.3) is 0 Å². The molecule has 3 aromatic rings. The van der Waals surface area contributed by atoms with Gasteiger partial charge in [-0.1, -0.05) is 31.4 Å². The summed E-state index contributed by atoms with van der Waals surface area (Å²) >= 11 is 2.42. The molecule has 31 heavy (non-hydrogen) atoms. The summed E-state index contributed by atoms with van der Waals surface area (Å²) in [5.41, 5.74) is 0.810. The minimum absolute atomic E-state index is 0.0135. The largest absolute Gasteiger partial charge is 0.479 e. The van der Waals surface area contributed by atoms with Crippen LogP contribution in [0.2, 0.25) is 0 Å². The van der Waals surface area contributed by atoms with Gasteiger partial charge < -0.3 is 19.8 Å². The molecule has 0 radical (unpaired) electrons. The number of nitrogens with zero attached hydrogens (tertiary/aromatic N) is 1. The molecule has 1 saturated carbocycles. The van der Waals surface area contributed by atoms with Crippen molar-refractivity contribution in [3.05, 3.63) is 23.1 Å². The molecule has 0 aliphatic heterocycles. The number of aromatic carboxylic acids is 1. The number of thiophene rings is 2. The third-order valence-electron chi connectivity index (χ3n) is 5.64. The molecule has 2 N–H and O–H groups in total. The minimum Gasteiger partial charge on any atom is -0.479 e. The number of ether oxygens (including phenoxy) is 1. The standard InChI is InChI=1S/C22H23NO6S2/c1-12(24)23(10-13-6-3-2-4-7-13)15-9-5-8-14-18(15)30-20-17(29-11-16(25)26)21(22(27)28)31-19(14)20/h5,8-9,13H,2-4,6-7,10-11H2,1H3,(H,25,26)(H,27,28). The van der Waals surface area contributed by atoms with Gasteiger partial charge in [-0.25, -0.2) is 9.59 Å². The molecule has 7 nitrogen and oxygen atoms in total. The van der Waals surface area contributed by atoms with Gasteiger partial charge in [0.15, 0.2) is 17.2 Å². The van der Waals surface area contributed by atoms with Crippen LogP contribution in [0.5, 0.6) is 5.75 Å². The van der Waals surface area contributed by atoms with E-state index in [0.717, 1.165) is 44.7 Å². The summed E-state index contributed by atoms with van der Waals surface area (Å²) in [6.45, 7) is 1.62. The van der Waals surface area contributed by atoms with Crippen LogP contribution in [0, 0.1) is 5.92 Å². The smallest absolute Gasteiger partial charge is 0.349 e. The Morgan fingerprint density at radius 3 is 2.45 bits per heavy atom. The number of carbonyl (C=O) groups excluding carboxylic acids is 1. The van der Waals surface area contributed by atoms with Crippen molar-refractivity contribution in [3.8, 4) is 5.75 Å². The van der Waals surface area contributed by atoms with Crippen LogP contribution in [0.3, 0.4) is 0 Å². The maximum absolute atomic E-state index is 12.6. The highest BCUT2D eigenvalue weighted by atomic mass is 32.1. The van der Waals surface area contributed by atoms with E-state index >= 15 is 0 Å². The fraction of sp³-hybridized carbons (Fsp3) is 0.409. The number of carboxylic acids is 2. The molecule has 0 atom stereocenters. The van der Waals surface area contributed by atoms with Crippen molar-refractivity contribution in [1.82, 2.24) is 0 Å². The number of carbonyl (C=O) groups is 3. The third kappa shape index (κ3) is 4.24. The molecule has 1 aliphatic carbocycles. The first-order valence-electron chi connectivity index (χ1n) is 10.2. The van der Waals surface area contributed by atoms with Crippen LogP contribution in [-0.2, 0) is 9.59 Å². The monoisotopic (exact) mass is 461 g/mol. The summed E-state index contributed by atoms with van der Waals surface area (Å²) in [6.07, 6.45) is 5.87. The lowest BCUT2D eigenvalue weighted by Crippen LogP contribution is -2.34. The van der Waals surface area contributed by atoms with E-state index in [9.17, 15) is 19.5 Å². The first-order valence-corrected chi connectivity index (χ1v) is 11.8. The fourth-order valence-electron chi connectivity index (χ4n) is 4.23. The predicted octanol–water partition coefficient (Wildman–Crippen LogP) is 5.21. The molecule has 164 valence electrons. The Morgan fingerprint density at radius 1 is 1.06 bits per heavy atom. The van der Waals surface area contributed by atoms with E-state index < -0.39 is 18.5 Å². The van der Waals surface area contributed by atoms with Crippen molar-refractivity contribution < 1.29 is 29.3 Å². The number of hydrogen-bond acceptors (Lipinski definition) is 6. The summed E-state index contributed by atoms with van der Waals surface area (Å²) in [7, 11) is 0. The van der Waals surface area contributed by atoms with Crippen molar-refractivity contribution in [3.63, 3.8) is 0 Å². The van der Waals surface area contributed by atoms with Crippen LogP contribution in [0.25, 0.3) is 19.5 Å². The molecule has 9 heteroatoms. The van der Waals surface area contributed by atoms with Gasteiger partial charge in [0.1, 0.15) is 0 Å². The number of fused-ring (bicyclic) bond motifs is 3. The number of rotatable bonds is 7. The zero-order valence-electron chi connectivity index (χ0n) is 17.1. The average Bonchev–Trinajstić information content (AvgIpc) is 3.27. The lowest BCUT2D eigenvalue weighted by Gasteiger charge is -2.29. The average molecular weight is 462 g/mol. The lowest BCUT2D eigenvalue weighted by molar-refractivity contribution is -0.139. The molecule has 2 heterocycles. The first kappa shape index (κ1) is 21.6. The summed E-state index contributed by atoms with van der Waals surface area (Å²) in [5, 5.41) is 19.4. The number of anilines is 1. The number of benzene rings is 1. The Hall–Kier alpha value is -2.65. The van der Waals surface area contributed by atoms with Gasteiger partial charge in [0, 0.05) is 18.9 Å². The second-order valence-corrected chi connectivity index (χ2v) is 9.84. The molecule has 1 aromatic carbocycles. The third-order valence-corrected chi connectivity index (χ3v) is 8.18. The highest BCUT2D eigenvalue weighted by Crippen LogP contribution is 2.49. The Balaban J connectivity index is 1.81. The highest BCUT2D eigenvalue weighted by Gasteiger charge is 2.27. The van der Waals surface area contributed by atoms with E-state index in [-0.39, 0.29) is 16.5 Å². The quantitative estimate of drug-likeness (QED) is 0.500. The molecule has 2 aromatic heterocycles. The summed E-state index contributed by atoms with van der Waals surface area (Å²) in [4.78, 5) is 37.1. The van der Waals surface area contributed by atoms with Crippen molar-refractivity contribution in [2.75, 3.05) is 18.1 Å². The van der Waals surface area contributed by atoms with Crippen LogP contribution in [0.4, 0.5) is 5.69 Å². The van der Waals surface area contributed by atoms with E-state index in [1.807, 2.05) is 23.1 Å². The Bertz CT molecular complexity index is 1160. The van der Waals surface area contributed by atoms with Crippen molar-refractivity contribution in [1.29, 1.82) is 0 Å². The Labute approximate surface area is 186 Å². The molecule has 0 bridgehead atoms. The van der Waals surface area contributed by atoms with Gasteiger partial charge in [-0.2, -0.15) is 0 Å². The second kappa shape index (κ2) is 8.84. The summed E-state index contributed by atoms with van der Waals surface area (Å²) in [5.74, 6) is -1.79. The molecule has 1 amide bonds. The molecule has 0 saturated heterocycles. The molecule has 0 unspecified atom stereocenters. The van der Waals surface area contributed by atoms with Crippen molar-refractivity contribution >= 4 is 65.7 Å². The first-order chi connectivity index (χ1) is 14.9. The lowest BCUT2D eigenvalue weighted by atomic mass is 9.89. The Morgan fingerprint density at radius 2 is 1.81 bits per heavy atom. The zero-order chi connectivity index (χ0) is 22.1. The van der Waals surface area contributed by atoms with Crippen LogP contribution in [-0.4, -0.2) is 41.2 Å². The molecular formula is C22H23NO6S2. The second-order valence-electron chi connectivity index (χ2n) is 7.80. The van der Waals surface area contributed by atoms with Crippen LogP contribution in [0.1, 0.15) is 48.7 Å². The van der Waals surface area contributed by atoms with Crippen molar-refractivity contribution in [2.24, 2.45) is 5.92 Å². The molecule has 4 rings (SSSR count). The maximum Gasteiger partial charge on any atom is 0.349 e. The van der Waals surface area contributed by atoms with E-state index in [2.05, 4.69) is 0 Å². The van der Waals surface area contributed by atoms with Gasteiger partial charge in [0.2, 0.25) is 5.91 Å². The number of carboxylic acid groups (broad SMARTS) is 2. The molecule has 1 aliphatic rings. The van der Waals surface area contributed by atoms with Crippen LogP contribution in [0.15, 0.2) is 18.2 Å². The van der Waals surface area contributed by atoms with E-state index in [4.69, 9.17) is 9.84 Å². The zero-order valence-corrected chi connectivity index (χ0v) is 18.7. The minimum atomic E-state index is -1.17. The van der Waals surface area contributed by atoms with Gasteiger partial charge in [-0.05, 0) is 24.8 Å². The van der Waals surface area contributed by atoms with Crippen LogP contribution < -0.4 is 9.64 Å². The molecule has 0 spiro atoms. The number of aliphatic carboxylic acids is 1. The number of hydrogen-bond donors (Lipinski definition) is 2. The molecule has 1 fully saturated rings. The highest BCUT2D eigenvalue weighted by molar-refractivity contribution is 7.34. The SMILES string of the molecule is CC(=O)N(CC1CCCCC1)c1cccc2c1sc1c(OCC(=O)O)c(C(=O)O)sc12. The number of amides is 1. The summed E-state index contributed by atoms with van der Waals surface area (Å²) < 4.78 is 7.59. The van der Waals surface area contributed by atoms with E-state index in [1.165, 1.54) is 30.6 Å². The Kier molecular flexibility index (Phi) is 6.15. The van der Waals surface area contributed by atoms with Gasteiger partial charge in [0.05, 0.1) is 19.8 Å². The normalized spacial score (nSPS) is 14.7. The van der Waals surface area contributed by atoms with Crippen molar-refractivity contribution in [2.45, 2.75) is 39.0 Å². The van der Waals surface area contributed by atoms with Gasteiger partial charge in [-0.15, -0.1) is 22.7 Å². The van der Waals surface area contributed by atoms with Crippen LogP contribution >= 0.6 is 22.7 Å². The van der Waals surface area contributed by atoms with Gasteiger partial charge >= 0.3 is 11.9 Å². The molecular weight excluding hydrogens is 438 g/mol. The van der Waals surface area contributed by atoms with Gasteiger partial charge in [-0.3, -0.25) is 4.79 Å². The fourth-order valence-corrected chi connectivity index (χ4v) is 6.84. The topological polar surface area (TPSA) is 104 Å². The predicted molar refractivity (Wildman–Crippen MR) is 122 cm³/mol. The van der Waals surface area contributed by atoms with E-state index in [1.54, 1.807) is 6.92 Å². The maximum atomic E-state index is 12.6. The summed E-state index contributed by atoms with van der Waals surface area (Å²) in [6, 6.07) is 5.70.